The van der Waals surface area contributed by atoms with Crippen LogP contribution in [0.3, 0.4) is 0 Å². The Morgan fingerprint density at radius 2 is 1.77 bits per heavy atom. The molecule has 3 rings (SSSR count). The van der Waals surface area contributed by atoms with Gasteiger partial charge in [-0.05, 0) is 36.8 Å². The van der Waals surface area contributed by atoms with E-state index in [0.717, 1.165) is 5.39 Å². The van der Waals surface area contributed by atoms with Crippen molar-refractivity contribution in [3.8, 4) is 5.75 Å². The summed E-state index contributed by atoms with van der Waals surface area (Å²) in [7, 11) is -3.98. The summed E-state index contributed by atoms with van der Waals surface area (Å²) in [6.07, 6.45) is 1.59. The van der Waals surface area contributed by atoms with Gasteiger partial charge in [-0.25, -0.2) is 0 Å². The molecule has 0 aliphatic heterocycles. The first-order chi connectivity index (χ1) is 10.5. The fourth-order valence-electron chi connectivity index (χ4n) is 2.17. The van der Waals surface area contributed by atoms with Crippen molar-refractivity contribution >= 4 is 32.6 Å². The Morgan fingerprint density at radius 1 is 1.05 bits per heavy atom. The number of benzene rings is 2. The fraction of sp³-hybridized carbons (Fsp3) is 0.0625. The van der Waals surface area contributed by atoms with E-state index in [9.17, 15) is 8.42 Å². The van der Waals surface area contributed by atoms with Gasteiger partial charge in [-0.15, -0.1) is 0 Å². The summed E-state index contributed by atoms with van der Waals surface area (Å²) >= 11 is 5.99. The Morgan fingerprint density at radius 3 is 2.59 bits per heavy atom. The quantitative estimate of drug-likeness (QED) is 0.681. The lowest BCUT2D eigenvalue weighted by molar-refractivity contribution is 0.487. The second-order valence-electron chi connectivity index (χ2n) is 4.73. The van der Waals surface area contributed by atoms with Crippen LogP contribution in [0.2, 0.25) is 5.02 Å². The van der Waals surface area contributed by atoms with E-state index in [1.165, 1.54) is 6.07 Å². The van der Waals surface area contributed by atoms with Crippen LogP contribution in [0.25, 0.3) is 10.9 Å². The van der Waals surface area contributed by atoms with E-state index in [0.29, 0.717) is 16.1 Å². The van der Waals surface area contributed by atoms with E-state index in [4.69, 9.17) is 15.8 Å². The Labute approximate surface area is 133 Å². The topological polar surface area (TPSA) is 56.3 Å². The molecule has 4 nitrogen and oxygen atoms in total. The standard InChI is InChI=1S/C16H12ClNO3S/c1-11-13(17)7-3-9-15(11)22(19,20)21-14-8-2-5-12-6-4-10-18-16(12)14/h2-10H,1H3. The van der Waals surface area contributed by atoms with E-state index in [-0.39, 0.29) is 10.6 Å². The lowest BCUT2D eigenvalue weighted by Gasteiger charge is -2.11. The first kappa shape index (κ1) is 14.8. The van der Waals surface area contributed by atoms with E-state index >= 15 is 0 Å². The van der Waals surface area contributed by atoms with Crippen LogP contribution in [0, 0.1) is 6.92 Å². The number of hydrogen-bond acceptors (Lipinski definition) is 4. The monoisotopic (exact) mass is 333 g/mol. The number of nitrogens with zero attached hydrogens (tertiary/aromatic N) is 1. The molecule has 1 heterocycles. The highest BCUT2D eigenvalue weighted by molar-refractivity contribution is 7.87. The lowest BCUT2D eigenvalue weighted by atomic mass is 10.2. The SMILES string of the molecule is Cc1c(Cl)cccc1S(=O)(=O)Oc1cccc2cccnc12. The lowest BCUT2D eigenvalue weighted by Crippen LogP contribution is -2.11. The Hall–Kier alpha value is -2.11. The summed E-state index contributed by atoms with van der Waals surface area (Å²) in [4.78, 5) is 4.23. The van der Waals surface area contributed by atoms with Gasteiger partial charge in [0.1, 0.15) is 10.4 Å². The summed E-state index contributed by atoms with van der Waals surface area (Å²) in [6, 6.07) is 13.4. The van der Waals surface area contributed by atoms with Crippen LogP contribution in [0.15, 0.2) is 59.6 Å². The average Bonchev–Trinajstić information content (AvgIpc) is 2.50. The summed E-state index contributed by atoms with van der Waals surface area (Å²) < 4.78 is 30.3. The molecule has 0 amide bonds. The number of pyridine rings is 1. The zero-order valence-electron chi connectivity index (χ0n) is 11.7. The van der Waals surface area contributed by atoms with Gasteiger partial charge in [0.2, 0.25) is 0 Å². The van der Waals surface area contributed by atoms with Gasteiger partial charge in [0.05, 0.1) is 0 Å². The van der Waals surface area contributed by atoms with Crippen molar-refractivity contribution in [1.82, 2.24) is 4.98 Å². The number of rotatable bonds is 3. The Balaban J connectivity index is 2.09. The van der Waals surface area contributed by atoms with Crippen molar-refractivity contribution in [3.63, 3.8) is 0 Å². The molecule has 0 radical (unpaired) electrons. The van der Waals surface area contributed by atoms with Crippen LogP contribution in [0.4, 0.5) is 0 Å². The molecule has 3 aromatic rings. The van der Waals surface area contributed by atoms with E-state index in [1.807, 2.05) is 12.1 Å². The third-order valence-corrected chi connectivity index (χ3v) is 5.07. The minimum absolute atomic E-state index is 0.0490. The predicted octanol–water partition coefficient (Wildman–Crippen LogP) is 3.96. The van der Waals surface area contributed by atoms with E-state index in [2.05, 4.69) is 4.98 Å². The number of aromatic nitrogens is 1. The smallest absolute Gasteiger partial charge is 0.339 e. The van der Waals surface area contributed by atoms with Crippen molar-refractivity contribution in [2.24, 2.45) is 0 Å². The second-order valence-corrected chi connectivity index (χ2v) is 6.65. The van der Waals surface area contributed by atoms with Gasteiger partial charge in [0, 0.05) is 16.6 Å². The molecule has 0 aliphatic carbocycles. The Bertz CT molecular complexity index is 949. The van der Waals surface area contributed by atoms with Crippen molar-refractivity contribution < 1.29 is 12.6 Å². The summed E-state index contributed by atoms with van der Waals surface area (Å²) in [6.45, 7) is 1.64. The molecule has 0 spiro atoms. The molecule has 0 fully saturated rings. The van der Waals surface area contributed by atoms with Crippen LogP contribution < -0.4 is 4.18 Å². The zero-order chi connectivity index (χ0) is 15.7. The number of halogens is 1. The minimum atomic E-state index is -3.98. The van der Waals surface area contributed by atoms with Gasteiger partial charge in [0.15, 0.2) is 5.75 Å². The van der Waals surface area contributed by atoms with Gasteiger partial charge in [-0.2, -0.15) is 8.42 Å². The third-order valence-electron chi connectivity index (χ3n) is 3.28. The molecular weight excluding hydrogens is 322 g/mol. The molecule has 6 heteroatoms. The molecule has 0 atom stereocenters. The molecule has 0 unspecified atom stereocenters. The van der Waals surface area contributed by atoms with Crippen molar-refractivity contribution in [2.75, 3.05) is 0 Å². The molecule has 22 heavy (non-hydrogen) atoms. The van der Waals surface area contributed by atoms with Crippen molar-refractivity contribution in [2.45, 2.75) is 11.8 Å². The number of fused-ring (bicyclic) bond motifs is 1. The molecule has 112 valence electrons. The Kier molecular flexibility index (Phi) is 3.76. The van der Waals surface area contributed by atoms with Crippen LogP contribution in [0.5, 0.6) is 5.75 Å². The van der Waals surface area contributed by atoms with E-state index < -0.39 is 10.1 Å². The molecular formula is C16H12ClNO3S. The number of para-hydroxylation sites is 1. The van der Waals surface area contributed by atoms with E-state index in [1.54, 1.807) is 43.5 Å². The van der Waals surface area contributed by atoms with Crippen LogP contribution in [-0.2, 0) is 10.1 Å². The molecule has 0 saturated heterocycles. The highest BCUT2D eigenvalue weighted by Crippen LogP contribution is 2.29. The summed E-state index contributed by atoms with van der Waals surface area (Å²) in [5.41, 5.74) is 0.950. The summed E-state index contributed by atoms with van der Waals surface area (Å²) in [5.74, 6) is 0.192. The van der Waals surface area contributed by atoms with Gasteiger partial charge in [-0.3, -0.25) is 4.98 Å². The average molecular weight is 334 g/mol. The second kappa shape index (κ2) is 5.59. The van der Waals surface area contributed by atoms with Crippen LogP contribution in [0.1, 0.15) is 5.56 Å². The first-order valence-electron chi connectivity index (χ1n) is 6.52. The third kappa shape index (κ3) is 2.65. The molecule has 2 aromatic carbocycles. The maximum atomic E-state index is 12.5. The maximum Gasteiger partial charge on any atom is 0.339 e. The van der Waals surface area contributed by atoms with Gasteiger partial charge < -0.3 is 4.18 Å². The van der Waals surface area contributed by atoms with Gasteiger partial charge >= 0.3 is 10.1 Å². The maximum absolute atomic E-state index is 12.5. The predicted molar refractivity (Wildman–Crippen MR) is 85.7 cm³/mol. The van der Waals surface area contributed by atoms with Crippen LogP contribution in [-0.4, -0.2) is 13.4 Å². The van der Waals surface area contributed by atoms with Gasteiger partial charge in [-0.1, -0.05) is 35.9 Å². The van der Waals surface area contributed by atoms with Crippen molar-refractivity contribution in [3.05, 3.63) is 65.3 Å². The normalized spacial score (nSPS) is 11.5. The molecule has 0 aliphatic rings. The van der Waals surface area contributed by atoms with Crippen molar-refractivity contribution in [1.29, 1.82) is 0 Å². The minimum Gasteiger partial charge on any atom is -0.377 e. The van der Waals surface area contributed by atoms with Crippen LogP contribution >= 0.6 is 11.6 Å². The molecule has 0 bridgehead atoms. The molecule has 0 N–H and O–H groups in total. The fourth-order valence-corrected chi connectivity index (χ4v) is 3.59. The largest absolute Gasteiger partial charge is 0.377 e. The highest BCUT2D eigenvalue weighted by Gasteiger charge is 2.21. The summed E-state index contributed by atoms with van der Waals surface area (Å²) in [5, 5.41) is 1.18. The first-order valence-corrected chi connectivity index (χ1v) is 8.31. The number of hydrogen-bond donors (Lipinski definition) is 0. The van der Waals surface area contributed by atoms with Gasteiger partial charge in [0.25, 0.3) is 0 Å². The highest BCUT2D eigenvalue weighted by atomic mass is 35.5. The molecule has 0 saturated carbocycles. The zero-order valence-corrected chi connectivity index (χ0v) is 13.2. The molecule has 1 aromatic heterocycles.